The molecule has 1 N–H and O–H groups in total. The van der Waals surface area contributed by atoms with Crippen LogP contribution in [0.3, 0.4) is 0 Å². The maximum Gasteiger partial charge on any atom is 0.262 e. The van der Waals surface area contributed by atoms with E-state index in [1.165, 1.54) is 0 Å². The molecule has 1 aromatic heterocycles. The fraction of sp³-hybridized carbons (Fsp3) is 0.0690. The number of benzene rings is 5. The number of carbonyl (C=O) groups is 1. The molecule has 6 rings (SSSR count). The number of aromatic nitrogens is 3. The summed E-state index contributed by atoms with van der Waals surface area (Å²) in [6.45, 7) is 1.86. The minimum absolute atomic E-state index is 0.0848. The first-order chi connectivity index (χ1) is 17.1. The highest BCUT2D eigenvalue weighted by Crippen LogP contribution is 2.25. The van der Waals surface area contributed by atoms with Gasteiger partial charge in [-0.3, -0.25) is 4.79 Å². The van der Waals surface area contributed by atoms with E-state index in [2.05, 4.69) is 33.7 Å². The first-order valence-corrected chi connectivity index (χ1v) is 11.4. The molecule has 0 radical (unpaired) electrons. The van der Waals surface area contributed by atoms with Crippen molar-refractivity contribution in [3.05, 3.63) is 103 Å². The Balaban J connectivity index is 1.22. The molecule has 0 saturated heterocycles. The molecule has 0 spiro atoms. The molecule has 0 aliphatic heterocycles. The number of rotatable bonds is 5. The van der Waals surface area contributed by atoms with Gasteiger partial charge in [0, 0.05) is 11.1 Å². The van der Waals surface area contributed by atoms with Crippen LogP contribution < -0.4 is 10.1 Å². The van der Waals surface area contributed by atoms with E-state index < -0.39 is 0 Å². The lowest BCUT2D eigenvalue weighted by Crippen LogP contribution is -2.20. The van der Waals surface area contributed by atoms with Crippen LogP contribution in [-0.4, -0.2) is 27.5 Å². The number of carbonyl (C=O) groups excluding carboxylic acids is 1. The van der Waals surface area contributed by atoms with Crippen LogP contribution in [0.1, 0.15) is 5.56 Å². The molecule has 5 aromatic carbocycles. The minimum Gasteiger partial charge on any atom is -0.484 e. The van der Waals surface area contributed by atoms with Crippen LogP contribution in [-0.2, 0) is 4.79 Å². The fourth-order valence-electron chi connectivity index (χ4n) is 4.29. The van der Waals surface area contributed by atoms with Crippen LogP contribution in [0.15, 0.2) is 97.1 Å². The highest BCUT2D eigenvalue weighted by atomic mass is 16.5. The van der Waals surface area contributed by atoms with E-state index in [-0.39, 0.29) is 12.5 Å². The average Bonchev–Trinajstić information content (AvgIpc) is 3.29. The number of amides is 1. The molecule has 170 valence electrons. The monoisotopic (exact) mass is 458 g/mol. The minimum atomic E-state index is -0.234. The van der Waals surface area contributed by atoms with Gasteiger partial charge in [0.25, 0.3) is 5.91 Å². The Hall–Kier alpha value is -4.71. The number of aryl methyl sites for hydroxylation is 1. The molecule has 0 unspecified atom stereocenters. The summed E-state index contributed by atoms with van der Waals surface area (Å²) in [6, 6.07) is 31.8. The van der Waals surface area contributed by atoms with E-state index in [0.29, 0.717) is 17.0 Å². The molecule has 1 heterocycles. The summed E-state index contributed by atoms with van der Waals surface area (Å²) in [5.41, 5.74) is 3.97. The summed E-state index contributed by atoms with van der Waals surface area (Å²) in [5.74, 6) is 0.422. The van der Waals surface area contributed by atoms with Crippen molar-refractivity contribution in [1.29, 1.82) is 0 Å². The lowest BCUT2D eigenvalue weighted by molar-refractivity contribution is -0.118. The number of anilines is 1. The van der Waals surface area contributed by atoms with Crippen LogP contribution in [0, 0.1) is 6.92 Å². The quantitative estimate of drug-likeness (QED) is 0.341. The Labute approximate surface area is 201 Å². The molecule has 0 saturated carbocycles. The maximum absolute atomic E-state index is 12.6. The highest BCUT2D eigenvalue weighted by molar-refractivity contribution is 5.95. The van der Waals surface area contributed by atoms with Crippen molar-refractivity contribution < 1.29 is 9.53 Å². The lowest BCUT2D eigenvalue weighted by Gasteiger charge is -2.10. The van der Waals surface area contributed by atoms with Gasteiger partial charge in [0.05, 0.1) is 5.69 Å². The summed E-state index contributed by atoms with van der Waals surface area (Å²) in [4.78, 5) is 14.3. The maximum atomic E-state index is 12.6. The van der Waals surface area contributed by atoms with Gasteiger partial charge in [0.1, 0.15) is 16.8 Å². The van der Waals surface area contributed by atoms with Crippen LogP contribution in [0.25, 0.3) is 38.3 Å². The molecule has 6 aromatic rings. The molecular formula is C29H22N4O2. The first kappa shape index (κ1) is 20.9. The van der Waals surface area contributed by atoms with Gasteiger partial charge in [-0.05, 0) is 59.0 Å². The van der Waals surface area contributed by atoms with E-state index >= 15 is 0 Å². The van der Waals surface area contributed by atoms with Crippen molar-refractivity contribution in [1.82, 2.24) is 15.0 Å². The third-order valence-electron chi connectivity index (χ3n) is 6.07. The second kappa shape index (κ2) is 8.57. The number of hydrogen-bond acceptors (Lipinski definition) is 4. The largest absolute Gasteiger partial charge is 0.484 e. The topological polar surface area (TPSA) is 69.0 Å². The summed E-state index contributed by atoms with van der Waals surface area (Å²) >= 11 is 0. The van der Waals surface area contributed by atoms with Gasteiger partial charge >= 0.3 is 0 Å². The van der Waals surface area contributed by atoms with Gasteiger partial charge in [-0.25, -0.2) is 0 Å². The second-order valence-corrected chi connectivity index (χ2v) is 8.49. The van der Waals surface area contributed by atoms with Crippen molar-refractivity contribution in [3.8, 4) is 11.4 Å². The fourth-order valence-corrected chi connectivity index (χ4v) is 4.29. The Morgan fingerprint density at radius 2 is 1.51 bits per heavy atom. The predicted octanol–water partition coefficient (Wildman–Crippen LogP) is 6.05. The SMILES string of the molecule is Cc1cc2nn(-c3cccc4ccccc34)nc2cc1NC(=O)COc1ccc2ccccc2c1. The van der Waals surface area contributed by atoms with Crippen molar-refractivity contribution in [3.63, 3.8) is 0 Å². The first-order valence-electron chi connectivity index (χ1n) is 11.4. The third kappa shape index (κ3) is 4.06. The summed E-state index contributed by atoms with van der Waals surface area (Å²) < 4.78 is 5.73. The zero-order valence-corrected chi connectivity index (χ0v) is 19.1. The summed E-state index contributed by atoms with van der Waals surface area (Å²) in [6.07, 6.45) is 0. The molecule has 0 bridgehead atoms. The highest BCUT2D eigenvalue weighted by Gasteiger charge is 2.12. The number of fused-ring (bicyclic) bond motifs is 3. The van der Waals surface area contributed by atoms with Gasteiger partial charge in [0.15, 0.2) is 6.61 Å². The zero-order valence-electron chi connectivity index (χ0n) is 19.1. The van der Waals surface area contributed by atoms with Crippen molar-refractivity contribution in [2.24, 2.45) is 0 Å². The third-order valence-corrected chi connectivity index (χ3v) is 6.07. The van der Waals surface area contributed by atoms with E-state index in [1.54, 1.807) is 4.80 Å². The standard InChI is InChI=1S/C29H22N4O2/c1-19-15-26-27(32-33(31-26)28-12-6-10-21-8-4-5-11-24(21)28)17-25(19)30-29(34)18-35-23-14-13-20-7-2-3-9-22(20)16-23/h2-17H,18H2,1H3,(H,30,34). The predicted molar refractivity (Wildman–Crippen MR) is 139 cm³/mol. The van der Waals surface area contributed by atoms with Gasteiger partial charge in [-0.15, -0.1) is 15.0 Å². The van der Waals surface area contributed by atoms with Gasteiger partial charge < -0.3 is 10.1 Å². The van der Waals surface area contributed by atoms with E-state index in [9.17, 15) is 4.79 Å². The number of ether oxygens (including phenoxy) is 1. The van der Waals surface area contributed by atoms with Gasteiger partial charge in [0.2, 0.25) is 0 Å². The van der Waals surface area contributed by atoms with E-state index in [4.69, 9.17) is 4.74 Å². The number of nitrogens with zero attached hydrogens (tertiary/aromatic N) is 3. The Kier molecular flexibility index (Phi) is 5.11. The average molecular weight is 459 g/mol. The normalized spacial score (nSPS) is 11.2. The molecule has 0 atom stereocenters. The molecular weight excluding hydrogens is 436 g/mol. The van der Waals surface area contributed by atoms with Crippen LogP contribution in [0.4, 0.5) is 5.69 Å². The van der Waals surface area contributed by atoms with Gasteiger partial charge in [-0.2, -0.15) is 0 Å². The summed E-state index contributed by atoms with van der Waals surface area (Å²) in [5, 5.41) is 16.7. The molecule has 0 aliphatic carbocycles. The molecule has 0 aliphatic rings. The van der Waals surface area contributed by atoms with E-state index in [1.807, 2.05) is 85.8 Å². The zero-order chi connectivity index (χ0) is 23.8. The molecule has 6 nitrogen and oxygen atoms in total. The Morgan fingerprint density at radius 3 is 2.37 bits per heavy atom. The molecule has 1 amide bonds. The number of nitrogens with one attached hydrogen (secondary N) is 1. The van der Waals surface area contributed by atoms with E-state index in [0.717, 1.165) is 38.3 Å². The molecule has 0 fully saturated rings. The van der Waals surface area contributed by atoms with Crippen LogP contribution >= 0.6 is 0 Å². The Bertz CT molecular complexity index is 1720. The van der Waals surface area contributed by atoms with Gasteiger partial charge in [-0.1, -0.05) is 66.7 Å². The van der Waals surface area contributed by atoms with Crippen molar-refractivity contribution in [2.45, 2.75) is 6.92 Å². The van der Waals surface area contributed by atoms with Crippen LogP contribution in [0.5, 0.6) is 5.75 Å². The van der Waals surface area contributed by atoms with Crippen molar-refractivity contribution >= 4 is 44.2 Å². The number of hydrogen-bond donors (Lipinski definition) is 1. The summed E-state index contributed by atoms with van der Waals surface area (Å²) in [7, 11) is 0. The second-order valence-electron chi connectivity index (χ2n) is 8.49. The smallest absolute Gasteiger partial charge is 0.262 e. The molecule has 6 heteroatoms. The van der Waals surface area contributed by atoms with Crippen LogP contribution in [0.2, 0.25) is 0 Å². The lowest BCUT2D eigenvalue weighted by atomic mass is 10.1. The molecule has 35 heavy (non-hydrogen) atoms. The Morgan fingerprint density at radius 1 is 0.800 bits per heavy atom. The van der Waals surface area contributed by atoms with Crippen molar-refractivity contribution in [2.75, 3.05) is 11.9 Å².